The van der Waals surface area contributed by atoms with Gasteiger partial charge in [0.05, 0.1) is 30.0 Å². The molecule has 28 heavy (non-hydrogen) atoms. The Hall–Kier alpha value is -3.56. The predicted octanol–water partition coefficient (Wildman–Crippen LogP) is 2.15. The number of hydrogen-bond acceptors (Lipinski definition) is 8. The highest BCUT2D eigenvalue weighted by atomic mass is 15.4. The molecule has 10 heteroatoms. The van der Waals surface area contributed by atoms with E-state index in [1.165, 1.54) is 0 Å². The Labute approximate surface area is 161 Å². The van der Waals surface area contributed by atoms with Crippen LogP contribution in [0, 0.1) is 0 Å². The first kappa shape index (κ1) is 17.8. The molecule has 0 spiro atoms. The van der Waals surface area contributed by atoms with Gasteiger partial charge in [0.25, 0.3) is 0 Å². The van der Waals surface area contributed by atoms with Crippen LogP contribution in [-0.4, -0.2) is 45.5 Å². The van der Waals surface area contributed by atoms with Crippen LogP contribution in [0.1, 0.15) is 32.9 Å². The third kappa shape index (κ3) is 3.36. The van der Waals surface area contributed by atoms with E-state index in [0.717, 1.165) is 29.9 Å². The number of aryl methyl sites for hydroxylation is 1. The number of nitrogens with one attached hydrogen (secondary N) is 1. The van der Waals surface area contributed by atoms with Crippen LogP contribution in [0.15, 0.2) is 31.0 Å². The lowest BCUT2D eigenvalue weighted by Gasteiger charge is -2.15. The SMILES string of the molecule is CCCc1cn(-c2cnc(-n3cnc4cnc(N)nc43)cc2NC(C)C)nn1. The summed E-state index contributed by atoms with van der Waals surface area (Å²) >= 11 is 0. The molecular formula is C18H22N10. The smallest absolute Gasteiger partial charge is 0.222 e. The quantitative estimate of drug-likeness (QED) is 0.523. The predicted molar refractivity (Wildman–Crippen MR) is 107 cm³/mol. The van der Waals surface area contributed by atoms with Gasteiger partial charge in [-0.05, 0) is 20.3 Å². The van der Waals surface area contributed by atoms with Crippen molar-refractivity contribution in [2.45, 2.75) is 39.7 Å². The maximum atomic E-state index is 5.74. The fourth-order valence-corrected chi connectivity index (χ4v) is 2.96. The fourth-order valence-electron chi connectivity index (χ4n) is 2.96. The van der Waals surface area contributed by atoms with Crippen LogP contribution in [0.25, 0.3) is 22.7 Å². The number of nitrogen functional groups attached to an aromatic ring is 1. The standard InChI is InChI=1S/C18H22N10/c1-4-5-12-9-28(26-25-12)15-8-20-16(6-13(15)23-11(2)3)27-10-22-14-7-21-18(19)24-17(14)27/h6-11H,4-5H2,1-3H3,(H,20,23)(H2,19,21,24). The van der Waals surface area contributed by atoms with Crippen molar-refractivity contribution in [3.05, 3.63) is 36.7 Å². The third-order valence-corrected chi connectivity index (χ3v) is 4.16. The van der Waals surface area contributed by atoms with E-state index >= 15 is 0 Å². The van der Waals surface area contributed by atoms with E-state index in [4.69, 9.17) is 5.73 Å². The van der Waals surface area contributed by atoms with Gasteiger partial charge in [-0.1, -0.05) is 18.6 Å². The summed E-state index contributed by atoms with van der Waals surface area (Å²) < 4.78 is 3.53. The lowest BCUT2D eigenvalue weighted by Crippen LogP contribution is -2.14. The molecule has 4 aromatic heterocycles. The molecule has 0 aliphatic heterocycles. The Morgan fingerprint density at radius 2 is 2.04 bits per heavy atom. The molecule has 0 bridgehead atoms. The van der Waals surface area contributed by atoms with Gasteiger partial charge < -0.3 is 11.1 Å². The molecule has 10 nitrogen and oxygen atoms in total. The average Bonchev–Trinajstić information content (AvgIpc) is 3.28. The van der Waals surface area contributed by atoms with Crippen molar-refractivity contribution in [1.82, 2.24) is 39.5 Å². The molecule has 0 saturated carbocycles. The number of imidazole rings is 1. The first-order valence-corrected chi connectivity index (χ1v) is 9.19. The Morgan fingerprint density at radius 1 is 1.18 bits per heavy atom. The second kappa shape index (κ2) is 7.22. The van der Waals surface area contributed by atoms with E-state index < -0.39 is 0 Å². The molecule has 3 N–H and O–H groups in total. The van der Waals surface area contributed by atoms with Crippen LogP contribution in [0.5, 0.6) is 0 Å². The van der Waals surface area contributed by atoms with Gasteiger partial charge in [-0.25, -0.2) is 19.6 Å². The van der Waals surface area contributed by atoms with Crippen LogP contribution in [0.2, 0.25) is 0 Å². The van der Waals surface area contributed by atoms with Crippen molar-refractivity contribution in [1.29, 1.82) is 0 Å². The zero-order chi connectivity index (χ0) is 19.7. The highest BCUT2D eigenvalue weighted by Crippen LogP contribution is 2.24. The molecule has 4 rings (SSSR count). The fraction of sp³-hybridized carbons (Fsp3) is 0.333. The zero-order valence-electron chi connectivity index (χ0n) is 16.0. The normalized spacial score (nSPS) is 11.4. The molecule has 0 atom stereocenters. The minimum Gasteiger partial charge on any atom is -0.381 e. The molecule has 0 aliphatic rings. The van der Waals surface area contributed by atoms with E-state index in [1.807, 2.05) is 12.3 Å². The molecule has 0 radical (unpaired) electrons. The van der Waals surface area contributed by atoms with Crippen LogP contribution < -0.4 is 11.1 Å². The Bertz CT molecular complexity index is 1110. The molecule has 4 aromatic rings. The first-order valence-electron chi connectivity index (χ1n) is 9.19. The monoisotopic (exact) mass is 378 g/mol. The van der Waals surface area contributed by atoms with Gasteiger partial charge in [-0.15, -0.1) is 5.10 Å². The summed E-state index contributed by atoms with van der Waals surface area (Å²) in [4.78, 5) is 17.2. The van der Waals surface area contributed by atoms with Gasteiger partial charge in [-0.2, -0.15) is 4.98 Å². The number of nitrogens with zero attached hydrogens (tertiary/aromatic N) is 8. The largest absolute Gasteiger partial charge is 0.381 e. The van der Waals surface area contributed by atoms with Gasteiger partial charge in [0.2, 0.25) is 5.95 Å². The van der Waals surface area contributed by atoms with E-state index in [1.54, 1.807) is 28.0 Å². The van der Waals surface area contributed by atoms with E-state index in [0.29, 0.717) is 17.0 Å². The first-order chi connectivity index (χ1) is 13.5. The number of hydrogen-bond donors (Lipinski definition) is 2. The minimum absolute atomic E-state index is 0.192. The number of nitrogens with two attached hydrogens (primary N) is 1. The summed E-state index contributed by atoms with van der Waals surface area (Å²) in [5.41, 5.74) is 9.66. The second-order valence-electron chi connectivity index (χ2n) is 6.81. The van der Waals surface area contributed by atoms with Crippen molar-refractivity contribution in [2.75, 3.05) is 11.1 Å². The number of rotatable bonds is 6. The molecular weight excluding hydrogens is 356 g/mol. The number of fused-ring (bicyclic) bond motifs is 1. The maximum Gasteiger partial charge on any atom is 0.222 e. The summed E-state index contributed by atoms with van der Waals surface area (Å²) in [5, 5.41) is 11.9. The summed E-state index contributed by atoms with van der Waals surface area (Å²) in [5.74, 6) is 0.860. The Morgan fingerprint density at radius 3 is 2.82 bits per heavy atom. The molecule has 144 valence electrons. The molecule has 0 aliphatic carbocycles. The van der Waals surface area contributed by atoms with Crippen molar-refractivity contribution in [2.24, 2.45) is 0 Å². The second-order valence-corrected chi connectivity index (χ2v) is 6.81. The van der Waals surface area contributed by atoms with E-state index in [2.05, 4.69) is 56.3 Å². The van der Waals surface area contributed by atoms with Gasteiger partial charge >= 0.3 is 0 Å². The van der Waals surface area contributed by atoms with Crippen LogP contribution >= 0.6 is 0 Å². The molecule has 0 saturated heterocycles. The summed E-state index contributed by atoms with van der Waals surface area (Å²) in [6.07, 6.45) is 8.87. The van der Waals surface area contributed by atoms with Gasteiger partial charge in [0, 0.05) is 12.1 Å². The minimum atomic E-state index is 0.192. The van der Waals surface area contributed by atoms with Crippen molar-refractivity contribution in [3.8, 4) is 11.5 Å². The van der Waals surface area contributed by atoms with E-state index in [9.17, 15) is 0 Å². The van der Waals surface area contributed by atoms with Crippen LogP contribution in [0.4, 0.5) is 11.6 Å². The average molecular weight is 378 g/mol. The number of aromatic nitrogens is 8. The molecule has 0 fully saturated rings. The molecule has 0 aromatic carbocycles. The van der Waals surface area contributed by atoms with Gasteiger partial charge in [0.1, 0.15) is 23.3 Å². The number of anilines is 2. The number of pyridine rings is 1. The van der Waals surface area contributed by atoms with Crippen molar-refractivity contribution in [3.63, 3.8) is 0 Å². The topological polar surface area (TPSA) is 125 Å². The van der Waals surface area contributed by atoms with Crippen LogP contribution in [-0.2, 0) is 6.42 Å². The van der Waals surface area contributed by atoms with Gasteiger partial charge in [0.15, 0.2) is 5.65 Å². The Kier molecular flexibility index (Phi) is 4.60. The molecule has 4 heterocycles. The van der Waals surface area contributed by atoms with Crippen LogP contribution in [0.3, 0.4) is 0 Å². The van der Waals surface area contributed by atoms with Crippen molar-refractivity contribution < 1.29 is 0 Å². The highest BCUT2D eigenvalue weighted by Gasteiger charge is 2.14. The highest BCUT2D eigenvalue weighted by molar-refractivity contribution is 5.73. The van der Waals surface area contributed by atoms with Gasteiger partial charge in [-0.3, -0.25) is 4.57 Å². The maximum absolute atomic E-state index is 5.74. The molecule has 0 amide bonds. The zero-order valence-corrected chi connectivity index (χ0v) is 16.0. The molecule has 0 unspecified atom stereocenters. The van der Waals surface area contributed by atoms with Crippen molar-refractivity contribution >= 4 is 22.8 Å². The summed E-state index contributed by atoms with van der Waals surface area (Å²) in [6, 6.07) is 2.17. The summed E-state index contributed by atoms with van der Waals surface area (Å²) in [6.45, 7) is 6.27. The third-order valence-electron chi connectivity index (χ3n) is 4.16. The lowest BCUT2D eigenvalue weighted by atomic mass is 10.2. The Balaban J connectivity index is 1.80. The lowest BCUT2D eigenvalue weighted by molar-refractivity contribution is 0.784. The van der Waals surface area contributed by atoms with E-state index in [-0.39, 0.29) is 12.0 Å². The summed E-state index contributed by atoms with van der Waals surface area (Å²) in [7, 11) is 0.